The monoisotopic (exact) mass is 243 g/mol. The predicted molar refractivity (Wildman–Crippen MR) is 63.2 cm³/mol. The van der Waals surface area contributed by atoms with E-state index < -0.39 is 5.97 Å². The van der Waals surface area contributed by atoms with Crippen LogP contribution in [0.15, 0.2) is 12.3 Å². The van der Waals surface area contributed by atoms with Gasteiger partial charge in [-0.3, -0.25) is 0 Å². The lowest BCUT2D eigenvalue weighted by Gasteiger charge is -2.06. The van der Waals surface area contributed by atoms with Crippen molar-refractivity contribution in [3.05, 3.63) is 22.8 Å². The van der Waals surface area contributed by atoms with Crippen LogP contribution in [0, 0.1) is 0 Å². The summed E-state index contributed by atoms with van der Waals surface area (Å²) in [5.41, 5.74) is 0.0628. The molecule has 0 atom stereocenters. The molecule has 5 nitrogen and oxygen atoms in total. The molecule has 0 aliphatic rings. The van der Waals surface area contributed by atoms with Gasteiger partial charge in [0.25, 0.3) is 0 Å². The fraction of sp³-hybridized carbons (Fsp3) is 0.400. The molecule has 0 amide bonds. The van der Waals surface area contributed by atoms with Crippen LogP contribution >= 0.6 is 11.6 Å². The lowest BCUT2D eigenvalue weighted by Crippen LogP contribution is -2.13. The molecule has 88 valence electrons. The van der Waals surface area contributed by atoms with Gasteiger partial charge in [0.05, 0.1) is 10.6 Å². The third-order valence-electron chi connectivity index (χ3n) is 2.00. The highest BCUT2D eigenvalue weighted by Crippen LogP contribution is 2.17. The maximum Gasteiger partial charge on any atom is 0.337 e. The Labute approximate surface area is 98.8 Å². The number of carboxylic acids is 1. The van der Waals surface area contributed by atoms with Crippen molar-refractivity contribution in [3.63, 3.8) is 0 Å². The molecule has 16 heavy (non-hydrogen) atoms. The topological polar surface area (TPSA) is 74.2 Å². The third-order valence-corrected chi connectivity index (χ3v) is 2.30. The average Bonchev–Trinajstić information content (AvgIpc) is 2.26. The molecule has 1 aromatic heterocycles. The number of rotatable bonds is 6. The number of nitrogens with one attached hydrogen (secondary N) is 2. The number of carbonyl (C=O) groups is 1. The summed E-state index contributed by atoms with van der Waals surface area (Å²) >= 11 is 5.69. The largest absolute Gasteiger partial charge is 0.478 e. The van der Waals surface area contributed by atoms with Crippen LogP contribution in [0.25, 0.3) is 0 Å². The smallest absolute Gasteiger partial charge is 0.337 e. The van der Waals surface area contributed by atoms with Crippen LogP contribution in [0.3, 0.4) is 0 Å². The standard InChI is InChI=1S/C10H14ClN3O2/c1-12-3-2-4-13-9-5-7(10(15)16)8(11)6-14-9/h5-6,12H,2-4H2,1H3,(H,13,14)(H,15,16). The molecule has 0 spiro atoms. The zero-order valence-corrected chi connectivity index (χ0v) is 9.71. The van der Waals surface area contributed by atoms with Crippen molar-refractivity contribution in [2.24, 2.45) is 0 Å². The number of pyridine rings is 1. The molecule has 0 aliphatic carbocycles. The first-order chi connectivity index (χ1) is 7.65. The molecule has 0 aliphatic heterocycles. The number of aromatic carboxylic acids is 1. The van der Waals surface area contributed by atoms with Gasteiger partial charge in [-0.2, -0.15) is 0 Å². The van der Waals surface area contributed by atoms with E-state index in [2.05, 4.69) is 15.6 Å². The molecule has 1 aromatic rings. The molecule has 1 heterocycles. The number of anilines is 1. The van der Waals surface area contributed by atoms with Gasteiger partial charge in [0.2, 0.25) is 0 Å². The second-order valence-corrected chi connectivity index (χ2v) is 3.65. The second-order valence-electron chi connectivity index (χ2n) is 3.24. The normalized spacial score (nSPS) is 10.1. The number of nitrogens with zero attached hydrogens (tertiary/aromatic N) is 1. The van der Waals surface area contributed by atoms with Crippen LogP contribution in [0.4, 0.5) is 5.82 Å². The fourth-order valence-electron chi connectivity index (χ4n) is 1.18. The van der Waals surface area contributed by atoms with Gasteiger partial charge in [0.15, 0.2) is 0 Å². The highest BCUT2D eigenvalue weighted by atomic mass is 35.5. The summed E-state index contributed by atoms with van der Waals surface area (Å²) in [5.74, 6) is -0.524. The molecular weight excluding hydrogens is 230 g/mol. The first kappa shape index (κ1) is 12.7. The van der Waals surface area contributed by atoms with Crippen molar-refractivity contribution in [1.29, 1.82) is 0 Å². The minimum Gasteiger partial charge on any atom is -0.478 e. The van der Waals surface area contributed by atoms with Gasteiger partial charge < -0.3 is 15.7 Å². The van der Waals surface area contributed by atoms with E-state index in [1.165, 1.54) is 12.3 Å². The zero-order chi connectivity index (χ0) is 12.0. The van der Waals surface area contributed by atoms with Crippen LogP contribution in [-0.2, 0) is 0 Å². The average molecular weight is 244 g/mol. The Morgan fingerprint density at radius 2 is 2.31 bits per heavy atom. The molecule has 0 fully saturated rings. The first-order valence-electron chi connectivity index (χ1n) is 4.92. The van der Waals surface area contributed by atoms with Crippen molar-refractivity contribution in [2.75, 3.05) is 25.5 Å². The van der Waals surface area contributed by atoms with Crippen molar-refractivity contribution in [2.45, 2.75) is 6.42 Å². The molecule has 1 rings (SSSR count). The highest BCUT2D eigenvalue weighted by Gasteiger charge is 2.09. The Kier molecular flexibility index (Phi) is 5.01. The Morgan fingerprint density at radius 3 is 2.94 bits per heavy atom. The summed E-state index contributed by atoms with van der Waals surface area (Å²) in [5, 5.41) is 15.0. The van der Waals surface area contributed by atoms with Crippen LogP contribution in [0.1, 0.15) is 16.8 Å². The first-order valence-corrected chi connectivity index (χ1v) is 5.30. The molecular formula is C10H14ClN3O2. The minimum absolute atomic E-state index is 0.0628. The molecule has 0 radical (unpaired) electrons. The Balaban J connectivity index is 2.61. The Morgan fingerprint density at radius 1 is 1.56 bits per heavy atom. The maximum absolute atomic E-state index is 10.8. The minimum atomic E-state index is -1.05. The van der Waals surface area contributed by atoms with Gasteiger partial charge in [-0.25, -0.2) is 9.78 Å². The van der Waals surface area contributed by atoms with E-state index in [1.807, 2.05) is 7.05 Å². The van der Waals surface area contributed by atoms with Crippen molar-refractivity contribution < 1.29 is 9.90 Å². The second kappa shape index (κ2) is 6.30. The Bertz CT molecular complexity index is 371. The van der Waals surface area contributed by atoms with E-state index in [0.717, 1.165) is 19.5 Å². The summed E-state index contributed by atoms with van der Waals surface area (Å²) in [7, 11) is 1.88. The number of carboxylic acid groups (broad SMARTS) is 1. The molecule has 0 aromatic carbocycles. The molecule has 0 unspecified atom stereocenters. The number of hydrogen-bond acceptors (Lipinski definition) is 4. The van der Waals surface area contributed by atoms with E-state index in [4.69, 9.17) is 16.7 Å². The van der Waals surface area contributed by atoms with E-state index in [-0.39, 0.29) is 10.6 Å². The fourth-order valence-corrected chi connectivity index (χ4v) is 1.37. The number of halogens is 1. The van der Waals surface area contributed by atoms with E-state index >= 15 is 0 Å². The summed E-state index contributed by atoms with van der Waals surface area (Å²) in [6, 6.07) is 1.43. The summed E-state index contributed by atoms with van der Waals surface area (Å²) < 4.78 is 0. The lowest BCUT2D eigenvalue weighted by atomic mass is 10.2. The maximum atomic E-state index is 10.8. The third kappa shape index (κ3) is 3.67. The van der Waals surface area contributed by atoms with Crippen LogP contribution < -0.4 is 10.6 Å². The number of hydrogen-bond donors (Lipinski definition) is 3. The molecule has 3 N–H and O–H groups in total. The van der Waals surface area contributed by atoms with Crippen molar-refractivity contribution >= 4 is 23.4 Å². The van der Waals surface area contributed by atoms with Gasteiger partial charge in [-0.15, -0.1) is 0 Å². The lowest BCUT2D eigenvalue weighted by molar-refractivity contribution is 0.0697. The van der Waals surface area contributed by atoms with E-state index in [1.54, 1.807) is 0 Å². The van der Waals surface area contributed by atoms with Gasteiger partial charge in [-0.05, 0) is 26.1 Å². The van der Waals surface area contributed by atoms with Crippen molar-refractivity contribution in [1.82, 2.24) is 10.3 Å². The molecule has 0 bridgehead atoms. The van der Waals surface area contributed by atoms with E-state index in [9.17, 15) is 4.79 Å². The molecule has 0 saturated carbocycles. The summed E-state index contributed by atoms with van der Waals surface area (Å²) in [6.45, 7) is 1.63. The van der Waals surface area contributed by atoms with Crippen LogP contribution in [-0.4, -0.2) is 36.2 Å². The quantitative estimate of drug-likeness (QED) is 0.660. The zero-order valence-electron chi connectivity index (χ0n) is 8.96. The molecule has 6 heteroatoms. The summed E-state index contributed by atoms with van der Waals surface area (Å²) in [4.78, 5) is 14.8. The SMILES string of the molecule is CNCCCNc1cc(C(=O)O)c(Cl)cn1. The number of aromatic nitrogens is 1. The van der Waals surface area contributed by atoms with Crippen molar-refractivity contribution in [3.8, 4) is 0 Å². The van der Waals surface area contributed by atoms with Gasteiger partial charge in [-0.1, -0.05) is 11.6 Å². The Hall–Kier alpha value is -1.33. The highest BCUT2D eigenvalue weighted by molar-refractivity contribution is 6.33. The summed E-state index contributed by atoms with van der Waals surface area (Å²) in [6.07, 6.45) is 2.27. The molecule has 0 saturated heterocycles. The van der Waals surface area contributed by atoms with Crippen LogP contribution in [0.2, 0.25) is 5.02 Å². The van der Waals surface area contributed by atoms with Crippen LogP contribution in [0.5, 0.6) is 0 Å². The predicted octanol–water partition coefficient (Wildman–Crippen LogP) is 1.45. The van der Waals surface area contributed by atoms with Gasteiger partial charge >= 0.3 is 5.97 Å². The van der Waals surface area contributed by atoms with E-state index in [0.29, 0.717) is 5.82 Å². The van der Waals surface area contributed by atoms with Gasteiger partial charge in [0, 0.05) is 12.7 Å². The van der Waals surface area contributed by atoms with Gasteiger partial charge in [0.1, 0.15) is 5.82 Å².